The Bertz CT molecular complexity index is 909. The van der Waals surface area contributed by atoms with Gasteiger partial charge in [0.1, 0.15) is 11.5 Å². The number of aromatic nitrogens is 3. The number of anilines is 1. The van der Waals surface area contributed by atoms with Gasteiger partial charge in [-0.2, -0.15) is 9.97 Å². The number of benzene rings is 1. The van der Waals surface area contributed by atoms with Gasteiger partial charge in [-0.3, -0.25) is 4.79 Å². The summed E-state index contributed by atoms with van der Waals surface area (Å²) in [4.78, 5) is 21.1. The highest BCUT2D eigenvalue weighted by Gasteiger charge is 2.15. The van der Waals surface area contributed by atoms with Crippen molar-refractivity contribution >= 4 is 11.6 Å². The molecule has 140 valence electrons. The summed E-state index contributed by atoms with van der Waals surface area (Å²) in [6.45, 7) is 7.35. The Labute approximate surface area is 157 Å². The van der Waals surface area contributed by atoms with Gasteiger partial charge in [-0.25, -0.2) is 0 Å². The number of carbonyl (C=O) groups excluding carboxylic acids is 1. The van der Waals surface area contributed by atoms with Crippen LogP contribution in [0, 0.1) is 27.7 Å². The summed E-state index contributed by atoms with van der Waals surface area (Å²) >= 11 is 0. The zero-order chi connectivity index (χ0) is 19.4. The van der Waals surface area contributed by atoms with E-state index in [9.17, 15) is 4.79 Å². The maximum atomic E-state index is 12.4. The van der Waals surface area contributed by atoms with Gasteiger partial charge in [0.05, 0.1) is 22.8 Å². The smallest absolute Gasteiger partial charge is 0.322 e. The Morgan fingerprint density at radius 3 is 2.30 bits per heavy atom. The van der Waals surface area contributed by atoms with Crippen LogP contribution < -0.4 is 10.1 Å². The van der Waals surface area contributed by atoms with Gasteiger partial charge in [-0.15, -0.1) is 0 Å². The second kappa shape index (κ2) is 7.99. The Morgan fingerprint density at radius 2 is 1.70 bits per heavy atom. The molecule has 0 saturated heterocycles. The van der Waals surface area contributed by atoms with Crippen molar-refractivity contribution in [3.05, 3.63) is 58.7 Å². The molecule has 7 heteroatoms. The summed E-state index contributed by atoms with van der Waals surface area (Å²) in [5, 5.41) is 6.81. The molecule has 0 atom stereocenters. The van der Waals surface area contributed by atoms with E-state index < -0.39 is 0 Å². The van der Waals surface area contributed by atoms with E-state index in [2.05, 4.69) is 20.4 Å². The maximum absolute atomic E-state index is 12.4. The Hall–Kier alpha value is -3.22. The second-order valence-corrected chi connectivity index (χ2v) is 6.32. The highest BCUT2D eigenvalue weighted by atomic mass is 16.5. The van der Waals surface area contributed by atoms with Crippen LogP contribution in [0.3, 0.4) is 0 Å². The molecule has 3 rings (SSSR count). The van der Waals surface area contributed by atoms with Gasteiger partial charge in [0, 0.05) is 12.0 Å². The van der Waals surface area contributed by atoms with Crippen LogP contribution in [0.5, 0.6) is 11.8 Å². The van der Waals surface area contributed by atoms with Crippen molar-refractivity contribution in [3.63, 3.8) is 0 Å². The first-order valence-corrected chi connectivity index (χ1v) is 8.73. The number of carbonyl (C=O) groups is 1. The molecule has 1 amide bonds. The first-order valence-electron chi connectivity index (χ1n) is 8.73. The van der Waals surface area contributed by atoms with E-state index in [0.29, 0.717) is 35.7 Å². The molecule has 2 aromatic heterocycles. The zero-order valence-corrected chi connectivity index (χ0v) is 15.9. The van der Waals surface area contributed by atoms with Gasteiger partial charge >= 0.3 is 6.01 Å². The predicted octanol–water partition coefficient (Wildman–Crippen LogP) is 4.06. The van der Waals surface area contributed by atoms with Crippen LogP contribution >= 0.6 is 0 Å². The normalized spacial score (nSPS) is 10.7. The molecule has 0 bridgehead atoms. The van der Waals surface area contributed by atoms with Crippen LogP contribution in [0.1, 0.15) is 34.8 Å². The zero-order valence-electron chi connectivity index (χ0n) is 15.9. The molecule has 0 spiro atoms. The molecule has 0 aliphatic carbocycles. The molecule has 7 nitrogen and oxygen atoms in total. The third-order valence-corrected chi connectivity index (χ3v) is 4.25. The number of para-hydroxylation sites is 1. The number of rotatable bonds is 6. The number of nitrogens with zero attached hydrogens (tertiary/aromatic N) is 3. The Kier molecular flexibility index (Phi) is 5.49. The van der Waals surface area contributed by atoms with Gasteiger partial charge in [-0.05, 0) is 46.2 Å². The molecule has 0 unspecified atom stereocenters. The molecule has 0 aliphatic heterocycles. The molecule has 1 N–H and O–H groups in total. The summed E-state index contributed by atoms with van der Waals surface area (Å²) in [5.74, 6) is 1.30. The molecule has 3 aromatic rings. The quantitative estimate of drug-likeness (QED) is 0.707. The van der Waals surface area contributed by atoms with E-state index in [1.54, 1.807) is 0 Å². The van der Waals surface area contributed by atoms with Crippen molar-refractivity contribution in [1.82, 2.24) is 15.1 Å². The van der Waals surface area contributed by atoms with E-state index in [1.165, 1.54) is 0 Å². The van der Waals surface area contributed by atoms with Crippen LogP contribution in [-0.4, -0.2) is 21.0 Å². The Balaban J connectivity index is 1.67. The summed E-state index contributed by atoms with van der Waals surface area (Å²) in [6.07, 6.45) is 0.894. The minimum absolute atomic E-state index is 0.110. The van der Waals surface area contributed by atoms with Crippen LogP contribution in [-0.2, 0) is 11.2 Å². The maximum Gasteiger partial charge on any atom is 0.322 e. The monoisotopic (exact) mass is 366 g/mol. The molecular formula is C20H22N4O3. The van der Waals surface area contributed by atoms with Gasteiger partial charge in [0.15, 0.2) is 0 Å². The summed E-state index contributed by atoms with van der Waals surface area (Å²) < 4.78 is 10.8. The fourth-order valence-electron chi connectivity index (χ4n) is 2.81. The highest BCUT2D eigenvalue weighted by molar-refractivity contribution is 5.92. The molecule has 1 aromatic carbocycles. The number of hydrogen-bond acceptors (Lipinski definition) is 6. The van der Waals surface area contributed by atoms with E-state index in [-0.39, 0.29) is 11.9 Å². The molecule has 2 heterocycles. The molecule has 0 radical (unpaired) electrons. The molecular weight excluding hydrogens is 344 g/mol. The lowest BCUT2D eigenvalue weighted by Gasteiger charge is -2.12. The van der Waals surface area contributed by atoms with Crippen molar-refractivity contribution in [1.29, 1.82) is 0 Å². The number of hydrogen-bond donors (Lipinski definition) is 1. The van der Waals surface area contributed by atoms with Crippen LogP contribution in [0.2, 0.25) is 0 Å². The number of ether oxygens (including phenoxy) is 1. The predicted molar refractivity (Wildman–Crippen MR) is 101 cm³/mol. The van der Waals surface area contributed by atoms with Crippen molar-refractivity contribution in [2.45, 2.75) is 40.5 Å². The summed E-state index contributed by atoms with van der Waals surface area (Å²) in [7, 11) is 0. The number of amides is 1. The van der Waals surface area contributed by atoms with Crippen LogP contribution in [0.15, 0.2) is 34.9 Å². The number of aryl methyl sites for hydroxylation is 4. The topological polar surface area (TPSA) is 90.1 Å². The lowest BCUT2D eigenvalue weighted by atomic mass is 10.1. The van der Waals surface area contributed by atoms with Crippen molar-refractivity contribution in [3.8, 4) is 11.8 Å². The summed E-state index contributed by atoms with van der Waals surface area (Å²) in [5.41, 5.74) is 3.71. The van der Waals surface area contributed by atoms with Crippen molar-refractivity contribution in [2.24, 2.45) is 0 Å². The largest absolute Gasteiger partial charge is 0.424 e. The second-order valence-electron chi connectivity index (χ2n) is 6.32. The van der Waals surface area contributed by atoms with Gasteiger partial charge < -0.3 is 14.6 Å². The SMILES string of the molecule is Cc1noc(C)c1CCC(=O)Nc1c(C)nc(Oc2ccccc2)nc1C. The minimum Gasteiger partial charge on any atom is -0.424 e. The molecule has 0 saturated carbocycles. The van der Waals surface area contributed by atoms with Crippen LogP contribution in [0.4, 0.5) is 5.69 Å². The average molecular weight is 366 g/mol. The van der Waals surface area contributed by atoms with E-state index in [4.69, 9.17) is 9.26 Å². The highest BCUT2D eigenvalue weighted by Crippen LogP contribution is 2.23. The van der Waals surface area contributed by atoms with Gasteiger partial charge in [0.25, 0.3) is 0 Å². The van der Waals surface area contributed by atoms with Crippen molar-refractivity contribution in [2.75, 3.05) is 5.32 Å². The van der Waals surface area contributed by atoms with E-state index in [0.717, 1.165) is 17.0 Å². The van der Waals surface area contributed by atoms with E-state index >= 15 is 0 Å². The van der Waals surface area contributed by atoms with E-state index in [1.807, 2.05) is 58.0 Å². The third-order valence-electron chi connectivity index (χ3n) is 4.25. The minimum atomic E-state index is -0.110. The average Bonchev–Trinajstić information content (AvgIpc) is 2.95. The molecule has 0 fully saturated rings. The lowest BCUT2D eigenvalue weighted by molar-refractivity contribution is -0.116. The fraction of sp³-hybridized carbons (Fsp3) is 0.300. The first-order chi connectivity index (χ1) is 12.9. The fourth-order valence-corrected chi connectivity index (χ4v) is 2.81. The Morgan fingerprint density at radius 1 is 1.04 bits per heavy atom. The molecule has 27 heavy (non-hydrogen) atoms. The number of nitrogens with one attached hydrogen (secondary N) is 1. The molecule has 0 aliphatic rings. The van der Waals surface area contributed by atoms with Gasteiger partial charge in [0.2, 0.25) is 5.91 Å². The lowest BCUT2D eigenvalue weighted by Crippen LogP contribution is -2.16. The third kappa shape index (κ3) is 4.49. The standard InChI is InChI=1S/C20H22N4O3/c1-12-17(15(4)27-24-12)10-11-18(25)23-19-13(2)21-20(22-14(19)3)26-16-8-6-5-7-9-16/h5-9H,10-11H2,1-4H3,(H,23,25). The first kappa shape index (κ1) is 18.6. The summed E-state index contributed by atoms with van der Waals surface area (Å²) in [6, 6.07) is 9.58. The van der Waals surface area contributed by atoms with Gasteiger partial charge in [-0.1, -0.05) is 23.4 Å². The van der Waals surface area contributed by atoms with Crippen LogP contribution in [0.25, 0.3) is 0 Å². The van der Waals surface area contributed by atoms with Crippen molar-refractivity contribution < 1.29 is 14.1 Å².